The summed E-state index contributed by atoms with van der Waals surface area (Å²) in [4.78, 5) is 18.1. The Kier molecular flexibility index (Phi) is 7.42. The molecule has 0 saturated heterocycles. The summed E-state index contributed by atoms with van der Waals surface area (Å²) in [6.45, 7) is 8.45. The van der Waals surface area contributed by atoms with Gasteiger partial charge in [0.2, 0.25) is 11.1 Å². The van der Waals surface area contributed by atoms with Crippen molar-refractivity contribution in [3.63, 3.8) is 0 Å². The number of fused-ring (bicyclic) bond motifs is 3. The lowest BCUT2D eigenvalue weighted by molar-refractivity contribution is -0.115. The molecule has 0 saturated carbocycles. The first-order valence-corrected chi connectivity index (χ1v) is 13.6. The van der Waals surface area contributed by atoms with Crippen molar-refractivity contribution < 1.29 is 9.18 Å². The van der Waals surface area contributed by atoms with E-state index in [4.69, 9.17) is 4.98 Å². The van der Waals surface area contributed by atoms with Crippen LogP contribution < -0.4 is 5.32 Å². The summed E-state index contributed by atoms with van der Waals surface area (Å²) in [6, 6.07) is 18.7. The molecule has 5 rings (SSSR count). The number of hydrogen-bond acceptors (Lipinski definition) is 5. The third kappa shape index (κ3) is 5.27. The summed E-state index contributed by atoms with van der Waals surface area (Å²) in [5, 5.41) is 12.9. The molecule has 1 N–H and O–H groups in total. The van der Waals surface area contributed by atoms with Gasteiger partial charge in [-0.3, -0.25) is 4.79 Å². The highest BCUT2D eigenvalue weighted by Gasteiger charge is 2.23. The van der Waals surface area contributed by atoms with Crippen LogP contribution in [0.1, 0.15) is 42.0 Å². The van der Waals surface area contributed by atoms with Crippen LogP contribution in [0, 0.1) is 26.6 Å². The minimum atomic E-state index is -0.382. The highest BCUT2D eigenvalue weighted by Crippen LogP contribution is 2.31. The molecule has 194 valence electrons. The van der Waals surface area contributed by atoms with Crippen molar-refractivity contribution in [3.8, 4) is 0 Å². The largest absolute Gasteiger partial charge is 0.325 e. The first kappa shape index (κ1) is 25.9. The molecule has 38 heavy (non-hydrogen) atoms. The number of nitrogens with one attached hydrogen (secondary N) is 1. The normalized spacial score (nSPS) is 12.2. The lowest BCUT2D eigenvalue weighted by atomic mass is 10.1. The van der Waals surface area contributed by atoms with Crippen LogP contribution in [0.3, 0.4) is 0 Å². The predicted octanol–water partition coefficient (Wildman–Crippen LogP) is 6.99. The smallest absolute Gasteiger partial charge is 0.237 e. The maximum Gasteiger partial charge on any atom is 0.237 e. The topological polar surface area (TPSA) is 72.7 Å². The van der Waals surface area contributed by atoms with Crippen molar-refractivity contribution in [2.24, 2.45) is 0 Å². The molecule has 0 aliphatic rings. The van der Waals surface area contributed by atoms with E-state index in [1.165, 1.54) is 23.4 Å². The molecular formula is C30H30FN5OS. The van der Waals surface area contributed by atoms with Crippen LogP contribution >= 0.6 is 11.8 Å². The van der Waals surface area contributed by atoms with Gasteiger partial charge in [0.05, 0.1) is 17.3 Å². The van der Waals surface area contributed by atoms with Gasteiger partial charge in [-0.05, 0) is 68.7 Å². The van der Waals surface area contributed by atoms with E-state index in [0.29, 0.717) is 34.8 Å². The van der Waals surface area contributed by atoms with Gasteiger partial charge >= 0.3 is 0 Å². The fourth-order valence-electron chi connectivity index (χ4n) is 4.54. The second kappa shape index (κ2) is 10.9. The molecular weight excluding hydrogens is 497 g/mol. The number of aryl methyl sites for hydroxylation is 3. The van der Waals surface area contributed by atoms with Crippen LogP contribution in [-0.2, 0) is 11.3 Å². The van der Waals surface area contributed by atoms with E-state index in [0.717, 1.165) is 34.1 Å². The molecule has 2 heterocycles. The number of carbonyl (C=O) groups excluding carboxylic acids is 1. The van der Waals surface area contributed by atoms with Crippen molar-refractivity contribution in [1.82, 2.24) is 19.7 Å². The van der Waals surface area contributed by atoms with Gasteiger partial charge in [0.25, 0.3) is 0 Å². The number of thioether (sulfide) groups is 1. The molecule has 6 nitrogen and oxygen atoms in total. The number of hydrogen-bond donors (Lipinski definition) is 1. The van der Waals surface area contributed by atoms with Gasteiger partial charge in [0.1, 0.15) is 11.3 Å². The molecule has 1 atom stereocenters. The lowest BCUT2D eigenvalue weighted by Crippen LogP contribution is -2.25. The molecule has 0 fully saturated rings. The summed E-state index contributed by atoms with van der Waals surface area (Å²) < 4.78 is 16.6. The monoisotopic (exact) mass is 527 g/mol. The maximum absolute atomic E-state index is 14.6. The summed E-state index contributed by atoms with van der Waals surface area (Å²) in [5.41, 5.74) is 6.93. The fourth-order valence-corrected chi connectivity index (χ4v) is 5.54. The van der Waals surface area contributed by atoms with E-state index < -0.39 is 0 Å². The van der Waals surface area contributed by atoms with Crippen LogP contribution in [0.2, 0.25) is 0 Å². The van der Waals surface area contributed by atoms with Crippen LogP contribution in [0.5, 0.6) is 0 Å². The molecule has 0 aliphatic carbocycles. The van der Waals surface area contributed by atoms with Gasteiger partial charge in [0, 0.05) is 16.6 Å². The highest BCUT2D eigenvalue weighted by atomic mass is 32.2. The Balaban J connectivity index is 1.50. The number of nitrogens with zero attached hydrogens (tertiary/aromatic N) is 4. The first-order valence-electron chi connectivity index (χ1n) is 12.8. The number of carbonyl (C=O) groups is 1. The predicted molar refractivity (Wildman–Crippen MR) is 152 cm³/mol. The molecule has 1 amide bonds. The second-order valence-electron chi connectivity index (χ2n) is 9.65. The quantitative estimate of drug-likeness (QED) is 0.220. The van der Waals surface area contributed by atoms with E-state index in [1.807, 2.05) is 68.7 Å². The molecule has 2 aromatic heterocycles. The molecule has 0 bridgehead atoms. The average Bonchev–Trinajstić information content (AvgIpc) is 3.19. The number of rotatable bonds is 8. The zero-order chi connectivity index (χ0) is 26.8. The zero-order valence-electron chi connectivity index (χ0n) is 22.0. The van der Waals surface area contributed by atoms with Gasteiger partial charge in [-0.1, -0.05) is 61.0 Å². The summed E-state index contributed by atoms with van der Waals surface area (Å²) >= 11 is 1.31. The number of anilines is 1. The molecule has 1 unspecified atom stereocenters. The molecule has 3 aromatic carbocycles. The first-order chi connectivity index (χ1) is 18.3. The Bertz CT molecular complexity index is 1650. The van der Waals surface area contributed by atoms with Gasteiger partial charge in [0.15, 0.2) is 5.65 Å². The third-order valence-corrected chi connectivity index (χ3v) is 7.87. The van der Waals surface area contributed by atoms with E-state index in [9.17, 15) is 9.18 Å². The minimum absolute atomic E-state index is 0.0914. The number of benzene rings is 3. The summed E-state index contributed by atoms with van der Waals surface area (Å²) in [5.74, 6) is -0.358. The molecule has 0 spiro atoms. The van der Waals surface area contributed by atoms with E-state index in [2.05, 4.69) is 21.6 Å². The SMILES string of the molecule is CCCC(Sc1nnc2c3cc(C)ccc3n(Cc3ccccc3F)c2n1)C(=O)Nc1ccc(C)c(C)c1. The summed E-state index contributed by atoms with van der Waals surface area (Å²) in [6.07, 6.45) is 1.50. The Hall–Kier alpha value is -3.78. The Labute approximate surface area is 225 Å². The standard InChI is InChI=1S/C30H30FN5OS/c1-5-8-26(29(37)32-22-13-12-19(3)20(4)16-22)38-30-33-28-27(34-35-30)23-15-18(2)11-14-25(23)36(28)17-21-9-6-7-10-24(21)31/h6-7,9-16,26H,5,8,17H2,1-4H3,(H,32,37). The van der Waals surface area contributed by atoms with E-state index in [-0.39, 0.29) is 17.0 Å². The lowest BCUT2D eigenvalue weighted by Gasteiger charge is -2.15. The van der Waals surface area contributed by atoms with Crippen LogP contribution in [0.4, 0.5) is 10.1 Å². The number of halogens is 1. The zero-order valence-corrected chi connectivity index (χ0v) is 22.8. The Morgan fingerprint density at radius 1 is 1.03 bits per heavy atom. The molecule has 0 radical (unpaired) electrons. The van der Waals surface area contributed by atoms with Gasteiger partial charge in [-0.25, -0.2) is 9.37 Å². The highest BCUT2D eigenvalue weighted by molar-refractivity contribution is 8.00. The number of amides is 1. The Morgan fingerprint density at radius 2 is 1.84 bits per heavy atom. The van der Waals surface area contributed by atoms with Crippen molar-refractivity contribution in [1.29, 1.82) is 0 Å². The summed E-state index contributed by atoms with van der Waals surface area (Å²) in [7, 11) is 0. The molecule has 8 heteroatoms. The van der Waals surface area contributed by atoms with Crippen molar-refractivity contribution in [2.75, 3.05) is 5.32 Å². The van der Waals surface area contributed by atoms with Crippen molar-refractivity contribution in [3.05, 3.63) is 88.7 Å². The maximum atomic E-state index is 14.6. The van der Waals surface area contributed by atoms with Crippen LogP contribution in [0.25, 0.3) is 22.1 Å². The fraction of sp³-hybridized carbons (Fsp3) is 0.267. The number of aromatic nitrogens is 4. The third-order valence-electron chi connectivity index (χ3n) is 6.75. The van der Waals surface area contributed by atoms with Crippen LogP contribution in [-0.4, -0.2) is 30.9 Å². The molecule has 0 aliphatic heterocycles. The van der Waals surface area contributed by atoms with Gasteiger partial charge in [-0.2, -0.15) is 0 Å². The van der Waals surface area contributed by atoms with Crippen molar-refractivity contribution >= 4 is 45.4 Å². The van der Waals surface area contributed by atoms with Crippen molar-refractivity contribution in [2.45, 2.75) is 57.5 Å². The minimum Gasteiger partial charge on any atom is -0.325 e. The Morgan fingerprint density at radius 3 is 2.61 bits per heavy atom. The van der Waals surface area contributed by atoms with Gasteiger partial charge < -0.3 is 9.88 Å². The van der Waals surface area contributed by atoms with Crippen LogP contribution in [0.15, 0.2) is 65.8 Å². The van der Waals surface area contributed by atoms with E-state index in [1.54, 1.807) is 12.1 Å². The average molecular weight is 528 g/mol. The van der Waals surface area contributed by atoms with E-state index >= 15 is 0 Å². The second-order valence-corrected chi connectivity index (χ2v) is 10.8. The van der Waals surface area contributed by atoms with Gasteiger partial charge in [-0.15, -0.1) is 10.2 Å². The molecule has 5 aromatic rings.